The molecule has 0 amide bonds. The third kappa shape index (κ3) is 6.99. The van der Waals surface area contributed by atoms with Gasteiger partial charge in [0.15, 0.2) is 34.8 Å². The Morgan fingerprint density at radius 3 is 2.06 bits per heavy atom. The number of H-pyrrole nitrogens is 2. The number of rotatable bonds is 13. The minimum atomic E-state index is -4.67. The van der Waals surface area contributed by atoms with E-state index in [9.17, 15) is 33.8 Å². The second-order valence-corrected chi connectivity index (χ2v) is 13.3. The average Bonchev–Trinajstić information content (AvgIpc) is 3.79. The summed E-state index contributed by atoms with van der Waals surface area (Å²) in [6, 6.07) is 0. The second kappa shape index (κ2) is 13.9. The summed E-state index contributed by atoms with van der Waals surface area (Å²) in [6.07, 6.45) is -9.15. The Bertz CT molecular complexity index is 2020. The topological polar surface area (TPSA) is 350 Å². The van der Waals surface area contributed by atoms with Crippen LogP contribution in [0.25, 0.3) is 22.3 Å². The van der Waals surface area contributed by atoms with Gasteiger partial charge in [-0.25, -0.2) is 9.97 Å². The van der Waals surface area contributed by atoms with Crippen LogP contribution < -0.4 is 22.6 Å². The summed E-state index contributed by atoms with van der Waals surface area (Å²) >= 11 is 0. The highest BCUT2D eigenvalue weighted by atomic mass is 31.2. The highest BCUT2D eigenvalue weighted by Crippen LogP contribution is 2.46. The molecule has 6 rings (SSSR count). The lowest BCUT2D eigenvalue weighted by Gasteiger charge is -2.24. The Kier molecular flexibility index (Phi) is 9.92. The molecule has 0 aromatic carbocycles. The zero-order valence-corrected chi connectivity index (χ0v) is 27.0. The van der Waals surface area contributed by atoms with E-state index < -0.39 is 95.6 Å². The Morgan fingerprint density at radius 2 is 1.49 bits per heavy atom. The van der Waals surface area contributed by atoms with Crippen LogP contribution >= 0.6 is 15.9 Å². The van der Waals surface area contributed by atoms with Gasteiger partial charge in [0.1, 0.15) is 49.6 Å². The smallest absolute Gasteiger partial charge is 0.387 e. The number of ether oxygens (including phenoxy) is 4. The van der Waals surface area contributed by atoms with Crippen molar-refractivity contribution in [3.8, 4) is 0 Å². The molecule has 2 aliphatic heterocycles. The molecule has 4 aromatic rings. The summed E-state index contributed by atoms with van der Waals surface area (Å²) in [7, 11) is -7.74. The number of anilines is 2. The Hall–Kier alpha value is -3.77. The van der Waals surface area contributed by atoms with Crippen molar-refractivity contribution in [2.24, 2.45) is 0 Å². The summed E-state index contributed by atoms with van der Waals surface area (Å²) in [5.74, 6) is -0.463. The van der Waals surface area contributed by atoms with Crippen LogP contribution in [0.2, 0.25) is 0 Å². The zero-order valence-electron chi connectivity index (χ0n) is 25.2. The Labute approximate surface area is 273 Å². The molecule has 26 heteroatoms. The van der Waals surface area contributed by atoms with Crippen LogP contribution in [0, 0.1) is 0 Å². The molecule has 0 saturated carbocycles. The number of aliphatic hydroxyl groups is 2. The van der Waals surface area contributed by atoms with E-state index in [1.54, 1.807) is 6.92 Å². The maximum atomic E-state index is 13.2. The van der Waals surface area contributed by atoms with Gasteiger partial charge in [0, 0.05) is 11.2 Å². The van der Waals surface area contributed by atoms with E-state index in [2.05, 4.69) is 34.4 Å². The van der Waals surface area contributed by atoms with Crippen molar-refractivity contribution in [1.29, 1.82) is 0 Å². The molecule has 4 aromatic heterocycles. The first-order chi connectivity index (χ1) is 23.3. The van der Waals surface area contributed by atoms with Gasteiger partial charge >= 0.3 is 15.9 Å². The highest BCUT2D eigenvalue weighted by Gasteiger charge is 2.49. The monoisotopic (exact) mass is 733 g/mol. The predicted molar refractivity (Wildman–Crippen MR) is 162 cm³/mol. The van der Waals surface area contributed by atoms with Crippen LogP contribution in [0.1, 0.15) is 19.4 Å². The molecule has 6 heterocycles. The summed E-state index contributed by atoms with van der Waals surface area (Å²) in [5.41, 5.74) is 9.77. The summed E-state index contributed by atoms with van der Waals surface area (Å²) < 4.78 is 59.8. The van der Waals surface area contributed by atoms with Gasteiger partial charge in [-0.05, 0) is 6.92 Å². The first-order valence-electron chi connectivity index (χ1n) is 14.4. The van der Waals surface area contributed by atoms with E-state index in [0.717, 1.165) is 6.33 Å². The standard InChI is InChI=1S/C23H30N10O14P2/c1-2-42-14-9(47-20(13(14)35)32-5-26-10-16(32)28-22(24)30-18(10)36)4-45-49(40,41)7-43-15-12(34)8(3-44-48(38)39)46-21(15)33-6-27-11-17(33)29-23(25)31-19(11)37/h5-6,8-9,12-15,20-21,34-35H,2-4,7H2,1H3,(H7-,24,25,28,29,30,31,36,37,38,39,40,41)/p+1/t8-,9-,12?,13+,14?,15+,20-,21-/m1/s1. The highest BCUT2D eigenvalue weighted by molar-refractivity contribution is 7.52. The van der Waals surface area contributed by atoms with Gasteiger partial charge in [-0.3, -0.25) is 33.3 Å². The molecule has 2 saturated heterocycles. The van der Waals surface area contributed by atoms with Crippen molar-refractivity contribution in [3.05, 3.63) is 33.4 Å². The fraction of sp³-hybridized carbons (Fsp3) is 0.565. The van der Waals surface area contributed by atoms with E-state index in [1.807, 2.05) is 0 Å². The van der Waals surface area contributed by atoms with Crippen molar-refractivity contribution >= 4 is 50.1 Å². The van der Waals surface area contributed by atoms with Crippen molar-refractivity contribution < 1.29 is 57.1 Å². The van der Waals surface area contributed by atoms with Crippen molar-refractivity contribution in [1.82, 2.24) is 39.0 Å². The number of aromatic nitrogens is 8. The molecular formula is C23H31N10O14P2+. The number of aromatic amines is 2. The largest absolute Gasteiger partial charge is 0.694 e. The van der Waals surface area contributed by atoms with Crippen LogP contribution in [0.4, 0.5) is 11.9 Å². The lowest BCUT2D eigenvalue weighted by Crippen LogP contribution is -2.37. The fourth-order valence-corrected chi connectivity index (χ4v) is 6.63. The number of nitrogen functional groups attached to an aromatic ring is 2. The molecule has 2 fully saturated rings. The quantitative estimate of drug-likeness (QED) is 0.0661. The second-order valence-electron chi connectivity index (χ2n) is 10.8. The molecule has 0 radical (unpaired) electrons. The molecule has 0 spiro atoms. The third-order valence-electron chi connectivity index (χ3n) is 7.65. The number of nitrogens with zero attached hydrogens (tertiary/aromatic N) is 6. The van der Waals surface area contributed by atoms with Gasteiger partial charge in [0.05, 0.1) is 19.3 Å². The van der Waals surface area contributed by atoms with Crippen LogP contribution in [0.15, 0.2) is 22.2 Å². The summed E-state index contributed by atoms with van der Waals surface area (Å²) in [6.45, 7) is 0.602. The first kappa shape index (κ1) is 35.1. The van der Waals surface area contributed by atoms with Crippen LogP contribution in [-0.4, -0.2) is 122 Å². The molecule has 0 bridgehead atoms. The number of aliphatic hydroxyl groups excluding tert-OH is 2. The van der Waals surface area contributed by atoms with Crippen LogP contribution in [0.3, 0.4) is 0 Å². The van der Waals surface area contributed by atoms with Crippen molar-refractivity contribution in [2.45, 2.75) is 56.0 Å². The number of nitrogens with one attached hydrogen (secondary N) is 2. The minimum Gasteiger partial charge on any atom is -0.387 e. The SMILES string of the molecule is CCOC1[C@@H](COP(=O)(O)CO[C@H]2C(O)[C@@H](CO[P+](=O)O)O[C@H]2n2cnc3c(=O)[nH]c(N)nc32)O[C@@H](n2cnc3c(=O)[nH]c(N)nc32)[C@H]1O. The van der Waals surface area contributed by atoms with E-state index in [1.165, 1.54) is 15.5 Å². The number of imidazole rings is 2. The lowest BCUT2D eigenvalue weighted by atomic mass is 10.1. The number of nitrogens with two attached hydrogens (primary N) is 2. The molecule has 266 valence electrons. The first-order valence-corrected chi connectivity index (χ1v) is 17.3. The molecule has 0 aliphatic carbocycles. The number of hydrogen-bond donors (Lipinski definition) is 8. The normalized spacial score (nSPS) is 28.8. The summed E-state index contributed by atoms with van der Waals surface area (Å²) in [4.78, 5) is 65.0. The molecule has 24 nitrogen and oxygen atoms in total. The number of hydrogen-bond acceptors (Lipinski definition) is 18. The van der Waals surface area contributed by atoms with Gasteiger partial charge in [-0.15, -0.1) is 9.42 Å². The van der Waals surface area contributed by atoms with Gasteiger partial charge in [0.2, 0.25) is 11.9 Å². The van der Waals surface area contributed by atoms with Crippen LogP contribution in [-0.2, 0) is 37.1 Å². The van der Waals surface area contributed by atoms with Gasteiger partial charge in [-0.1, -0.05) is 0 Å². The molecule has 10 N–H and O–H groups in total. The van der Waals surface area contributed by atoms with E-state index in [-0.39, 0.29) is 40.8 Å². The van der Waals surface area contributed by atoms with Crippen molar-refractivity contribution in [2.75, 3.05) is 37.6 Å². The van der Waals surface area contributed by atoms with Crippen molar-refractivity contribution in [3.63, 3.8) is 0 Å². The zero-order chi connectivity index (χ0) is 35.2. The van der Waals surface area contributed by atoms with E-state index >= 15 is 0 Å². The minimum absolute atomic E-state index is 0.0120. The number of fused-ring (bicyclic) bond motifs is 2. The Balaban J connectivity index is 1.18. The molecule has 49 heavy (non-hydrogen) atoms. The van der Waals surface area contributed by atoms with E-state index in [4.69, 9.17) is 39.8 Å². The molecule has 2 aliphatic rings. The maximum absolute atomic E-state index is 13.2. The predicted octanol–water partition coefficient (Wildman–Crippen LogP) is -2.45. The lowest BCUT2D eigenvalue weighted by molar-refractivity contribution is -0.0672. The van der Waals surface area contributed by atoms with E-state index in [0.29, 0.717) is 0 Å². The third-order valence-corrected chi connectivity index (χ3v) is 9.05. The maximum Gasteiger partial charge on any atom is 0.694 e. The Morgan fingerprint density at radius 1 is 0.918 bits per heavy atom. The summed E-state index contributed by atoms with van der Waals surface area (Å²) in [5, 5.41) is 22.1. The average molecular weight is 734 g/mol. The molecular weight excluding hydrogens is 702 g/mol. The van der Waals surface area contributed by atoms with Gasteiger partial charge in [-0.2, -0.15) is 9.97 Å². The van der Waals surface area contributed by atoms with Crippen LogP contribution in [0.5, 0.6) is 0 Å². The molecule has 10 atom stereocenters. The molecule has 4 unspecified atom stereocenters. The fourth-order valence-electron chi connectivity index (χ4n) is 5.54. The van der Waals surface area contributed by atoms with Gasteiger partial charge in [0.25, 0.3) is 11.1 Å². The van der Waals surface area contributed by atoms with Gasteiger partial charge < -0.3 is 50.0 Å².